The summed E-state index contributed by atoms with van der Waals surface area (Å²) >= 11 is 0. The van der Waals surface area contributed by atoms with Gasteiger partial charge in [0, 0.05) is 29.3 Å². The first kappa shape index (κ1) is 18.8. The molecule has 7 heteroatoms. The number of rotatable bonds is 8. The van der Waals surface area contributed by atoms with Crippen LogP contribution in [-0.4, -0.2) is 17.0 Å². The highest BCUT2D eigenvalue weighted by Gasteiger charge is 2.29. The Balaban J connectivity index is 1.42. The van der Waals surface area contributed by atoms with Crippen LogP contribution in [0.3, 0.4) is 0 Å². The van der Waals surface area contributed by atoms with Crippen LogP contribution in [0.5, 0.6) is 0 Å². The predicted molar refractivity (Wildman–Crippen MR) is 98.5 cm³/mol. The average molecular weight is 371 g/mol. The first-order valence-electron chi connectivity index (χ1n) is 8.94. The number of benzene rings is 1. The van der Waals surface area contributed by atoms with Gasteiger partial charge in [-0.2, -0.15) is 0 Å². The summed E-state index contributed by atoms with van der Waals surface area (Å²) in [5.41, 5.74) is 1.29. The van der Waals surface area contributed by atoms with Crippen molar-refractivity contribution in [2.45, 2.75) is 38.5 Å². The fraction of sp³-hybridized carbons (Fsp3) is 0.350. The topological polar surface area (TPSA) is 84.2 Å². The third-order valence-corrected chi connectivity index (χ3v) is 4.47. The lowest BCUT2D eigenvalue weighted by Crippen LogP contribution is -2.24. The molecule has 2 N–H and O–H groups in total. The van der Waals surface area contributed by atoms with Gasteiger partial charge in [0.15, 0.2) is 5.69 Å². The fourth-order valence-corrected chi connectivity index (χ4v) is 2.56. The minimum absolute atomic E-state index is 0.175. The summed E-state index contributed by atoms with van der Waals surface area (Å²) in [6, 6.07) is 7.26. The number of halogens is 1. The van der Waals surface area contributed by atoms with E-state index in [0.29, 0.717) is 30.1 Å². The van der Waals surface area contributed by atoms with Crippen LogP contribution in [-0.2, 0) is 4.79 Å². The Hall–Kier alpha value is -2.96. The van der Waals surface area contributed by atoms with Crippen molar-refractivity contribution in [3.8, 4) is 0 Å². The second kappa shape index (κ2) is 8.16. The first-order chi connectivity index (χ1) is 12.9. The molecular weight excluding hydrogens is 349 g/mol. The number of amides is 2. The first-order valence-corrected chi connectivity index (χ1v) is 8.94. The third kappa shape index (κ3) is 5.26. The molecule has 1 aromatic carbocycles. The molecule has 27 heavy (non-hydrogen) atoms. The Bertz CT molecular complexity index is 840. The van der Waals surface area contributed by atoms with Gasteiger partial charge < -0.3 is 15.2 Å². The van der Waals surface area contributed by atoms with E-state index in [0.717, 1.165) is 18.6 Å². The monoisotopic (exact) mass is 371 g/mol. The van der Waals surface area contributed by atoms with Crippen molar-refractivity contribution in [2.24, 2.45) is 5.92 Å². The van der Waals surface area contributed by atoms with Gasteiger partial charge in [-0.3, -0.25) is 9.59 Å². The summed E-state index contributed by atoms with van der Waals surface area (Å²) in [4.78, 5) is 24.3. The lowest BCUT2D eigenvalue weighted by Gasteiger charge is -2.13. The quantitative estimate of drug-likeness (QED) is 0.735. The van der Waals surface area contributed by atoms with E-state index in [9.17, 15) is 14.0 Å². The van der Waals surface area contributed by atoms with Gasteiger partial charge in [0.05, 0.1) is 0 Å². The molecule has 2 amide bonds. The standard InChI is InChI=1S/C20H22FN3O3/c1-12(19(25)23-16-9-7-15(21)8-10-16)3-4-13(2)22-20(26)17-11-18(27-24-17)14-5-6-14/h7-12,14H,2-6H2,1H3,(H,22,26)(H,23,25). The summed E-state index contributed by atoms with van der Waals surface area (Å²) in [6.07, 6.45) is 3.11. The van der Waals surface area contributed by atoms with Crippen molar-refractivity contribution in [1.29, 1.82) is 0 Å². The number of carbonyl (C=O) groups excluding carboxylic acids is 2. The normalized spacial score (nSPS) is 14.4. The Morgan fingerprint density at radius 2 is 2.04 bits per heavy atom. The Kier molecular flexibility index (Phi) is 5.69. The van der Waals surface area contributed by atoms with Gasteiger partial charge in [0.1, 0.15) is 11.6 Å². The second-order valence-electron chi connectivity index (χ2n) is 6.88. The van der Waals surface area contributed by atoms with Gasteiger partial charge in [-0.05, 0) is 49.9 Å². The molecule has 0 radical (unpaired) electrons. The fourth-order valence-electron chi connectivity index (χ4n) is 2.56. The molecule has 0 aliphatic heterocycles. The zero-order chi connectivity index (χ0) is 19.4. The van der Waals surface area contributed by atoms with Crippen LogP contribution in [0.15, 0.2) is 47.1 Å². The van der Waals surface area contributed by atoms with Crippen LogP contribution in [0.2, 0.25) is 0 Å². The van der Waals surface area contributed by atoms with E-state index in [2.05, 4.69) is 22.4 Å². The molecule has 142 valence electrons. The van der Waals surface area contributed by atoms with Crippen LogP contribution in [0, 0.1) is 11.7 Å². The van der Waals surface area contributed by atoms with E-state index in [1.807, 2.05) is 0 Å². The number of anilines is 1. The number of nitrogens with zero attached hydrogens (tertiary/aromatic N) is 1. The molecule has 1 unspecified atom stereocenters. The summed E-state index contributed by atoms with van der Waals surface area (Å²) < 4.78 is 18.1. The van der Waals surface area contributed by atoms with Crippen molar-refractivity contribution in [3.05, 3.63) is 59.9 Å². The van der Waals surface area contributed by atoms with Crippen molar-refractivity contribution < 1.29 is 18.5 Å². The van der Waals surface area contributed by atoms with Gasteiger partial charge >= 0.3 is 0 Å². The molecule has 1 aliphatic rings. The van der Waals surface area contributed by atoms with Crippen LogP contribution in [0.4, 0.5) is 10.1 Å². The molecule has 1 aliphatic carbocycles. The molecular formula is C20H22FN3O3. The Morgan fingerprint density at radius 3 is 2.70 bits per heavy atom. The molecule has 1 heterocycles. The predicted octanol–water partition coefficient (Wildman–Crippen LogP) is 3.99. The van der Waals surface area contributed by atoms with E-state index in [1.54, 1.807) is 13.0 Å². The largest absolute Gasteiger partial charge is 0.360 e. The molecule has 0 spiro atoms. The molecule has 3 rings (SSSR count). The molecule has 1 aromatic heterocycles. The SMILES string of the molecule is C=C(CCC(C)C(=O)Nc1ccc(F)cc1)NC(=O)c1cc(C2CC2)on1. The maximum atomic E-state index is 12.9. The smallest absolute Gasteiger partial charge is 0.277 e. The van der Waals surface area contributed by atoms with Crippen LogP contribution in [0.25, 0.3) is 0 Å². The van der Waals surface area contributed by atoms with Gasteiger partial charge in [-0.1, -0.05) is 18.7 Å². The molecule has 1 fully saturated rings. The third-order valence-electron chi connectivity index (χ3n) is 4.47. The Morgan fingerprint density at radius 1 is 1.33 bits per heavy atom. The van der Waals surface area contributed by atoms with Crippen molar-refractivity contribution in [2.75, 3.05) is 5.32 Å². The number of nitrogens with one attached hydrogen (secondary N) is 2. The van der Waals surface area contributed by atoms with Crippen LogP contribution in [0.1, 0.15) is 54.8 Å². The number of carbonyl (C=O) groups is 2. The lowest BCUT2D eigenvalue weighted by atomic mass is 10.0. The molecule has 0 bridgehead atoms. The van der Waals surface area contributed by atoms with E-state index >= 15 is 0 Å². The molecule has 2 aromatic rings. The van der Waals surface area contributed by atoms with Crippen molar-refractivity contribution in [3.63, 3.8) is 0 Å². The highest BCUT2D eigenvalue weighted by molar-refractivity contribution is 5.93. The van der Waals surface area contributed by atoms with Crippen molar-refractivity contribution in [1.82, 2.24) is 10.5 Å². The van der Waals surface area contributed by atoms with Gasteiger partial charge in [0.2, 0.25) is 5.91 Å². The number of hydrogen-bond acceptors (Lipinski definition) is 4. The van der Waals surface area contributed by atoms with Crippen LogP contribution >= 0.6 is 0 Å². The number of aromatic nitrogens is 1. The van der Waals surface area contributed by atoms with Gasteiger partial charge in [-0.15, -0.1) is 0 Å². The summed E-state index contributed by atoms with van der Waals surface area (Å²) in [5.74, 6) is -0.0494. The van der Waals surface area contributed by atoms with E-state index in [1.165, 1.54) is 24.3 Å². The Labute approximate surface area is 156 Å². The van der Waals surface area contributed by atoms with E-state index in [4.69, 9.17) is 4.52 Å². The highest BCUT2D eigenvalue weighted by Crippen LogP contribution is 2.40. The molecule has 1 atom stereocenters. The van der Waals surface area contributed by atoms with Gasteiger partial charge in [-0.25, -0.2) is 4.39 Å². The van der Waals surface area contributed by atoms with E-state index in [-0.39, 0.29) is 29.2 Å². The number of allylic oxidation sites excluding steroid dienone is 1. The molecule has 6 nitrogen and oxygen atoms in total. The highest BCUT2D eigenvalue weighted by atomic mass is 19.1. The minimum atomic E-state index is -0.362. The van der Waals surface area contributed by atoms with Gasteiger partial charge in [0.25, 0.3) is 5.91 Å². The van der Waals surface area contributed by atoms with Crippen LogP contribution < -0.4 is 10.6 Å². The second-order valence-corrected chi connectivity index (χ2v) is 6.88. The molecule has 1 saturated carbocycles. The summed E-state index contributed by atoms with van der Waals surface area (Å²) in [6.45, 7) is 5.62. The molecule has 0 saturated heterocycles. The lowest BCUT2D eigenvalue weighted by molar-refractivity contribution is -0.119. The maximum absolute atomic E-state index is 12.9. The maximum Gasteiger partial charge on any atom is 0.277 e. The van der Waals surface area contributed by atoms with E-state index < -0.39 is 0 Å². The summed E-state index contributed by atoms with van der Waals surface area (Å²) in [7, 11) is 0. The number of hydrogen-bond donors (Lipinski definition) is 2. The summed E-state index contributed by atoms with van der Waals surface area (Å²) in [5, 5.41) is 9.21. The zero-order valence-corrected chi connectivity index (χ0v) is 15.1. The zero-order valence-electron chi connectivity index (χ0n) is 15.1. The minimum Gasteiger partial charge on any atom is -0.360 e. The average Bonchev–Trinajstić information content (AvgIpc) is 3.38. The van der Waals surface area contributed by atoms with Crippen molar-refractivity contribution >= 4 is 17.5 Å².